The second-order valence-electron chi connectivity index (χ2n) is 6.44. The van der Waals surface area contributed by atoms with Crippen molar-refractivity contribution in [2.45, 2.75) is 48.1 Å². The number of rotatable bonds is 7. The second-order valence-corrected chi connectivity index (χ2v) is 9.43. The number of H-pyrrole nitrogens is 1. The number of sulfonamides is 1. The molecule has 2 aromatic rings. The molecule has 0 amide bonds. The Bertz CT molecular complexity index is 827. The Morgan fingerprint density at radius 1 is 1.27 bits per heavy atom. The highest BCUT2D eigenvalue weighted by Gasteiger charge is 2.29. The maximum Gasteiger partial charge on any atom is 0.244 e. The monoisotopic (exact) mass is 393 g/mol. The number of aromatic nitrogens is 2. The maximum absolute atomic E-state index is 12.8. The number of hydrogen-bond donors (Lipinski definition) is 1. The van der Waals surface area contributed by atoms with Gasteiger partial charge in [-0.2, -0.15) is 4.31 Å². The van der Waals surface area contributed by atoms with Crippen molar-refractivity contribution < 1.29 is 13.2 Å². The number of nitrogens with one attached hydrogen (secondary N) is 1. The summed E-state index contributed by atoms with van der Waals surface area (Å²) >= 11 is 1.29. The van der Waals surface area contributed by atoms with E-state index in [-0.39, 0.29) is 22.5 Å². The Kier molecular flexibility index (Phi) is 6.16. The zero-order chi connectivity index (χ0) is 18.6. The summed E-state index contributed by atoms with van der Waals surface area (Å²) in [6.45, 7) is 0. The van der Waals surface area contributed by atoms with Crippen molar-refractivity contribution in [3.05, 3.63) is 42.4 Å². The minimum atomic E-state index is -3.53. The summed E-state index contributed by atoms with van der Waals surface area (Å²) in [6.07, 6.45) is 8.25. The lowest BCUT2D eigenvalue weighted by molar-refractivity contribution is 0.101. The third kappa shape index (κ3) is 4.36. The first-order chi connectivity index (χ1) is 12.5. The summed E-state index contributed by atoms with van der Waals surface area (Å²) in [5.41, 5.74) is 0.561. The van der Waals surface area contributed by atoms with Gasteiger partial charge in [-0.25, -0.2) is 13.4 Å². The number of aromatic amines is 1. The number of hydrogen-bond acceptors (Lipinski definition) is 5. The number of Topliss-reactive ketones (excluding diaryl/α,β-unsaturated/α-hetero) is 1. The largest absolute Gasteiger partial charge is 0.359 e. The van der Waals surface area contributed by atoms with Crippen molar-refractivity contribution in [2.75, 3.05) is 12.8 Å². The fourth-order valence-electron chi connectivity index (χ4n) is 3.13. The quantitative estimate of drug-likeness (QED) is 0.576. The van der Waals surface area contributed by atoms with Crippen LogP contribution < -0.4 is 0 Å². The summed E-state index contributed by atoms with van der Waals surface area (Å²) in [4.78, 5) is 19.3. The molecule has 1 fully saturated rings. The summed E-state index contributed by atoms with van der Waals surface area (Å²) in [6, 6.07) is 6.81. The molecule has 0 unspecified atom stereocenters. The fourth-order valence-corrected chi connectivity index (χ4v) is 5.22. The molecule has 0 spiro atoms. The molecule has 0 saturated heterocycles. The van der Waals surface area contributed by atoms with E-state index in [4.69, 9.17) is 0 Å². The van der Waals surface area contributed by atoms with Crippen LogP contribution in [0.1, 0.15) is 42.6 Å². The Hall–Kier alpha value is -1.64. The van der Waals surface area contributed by atoms with Gasteiger partial charge < -0.3 is 4.98 Å². The van der Waals surface area contributed by atoms with E-state index in [1.807, 2.05) is 0 Å². The van der Waals surface area contributed by atoms with Crippen LogP contribution in [0.5, 0.6) is 0 Å². The van der Waals surface area contributed by atoms with Crippen LogP contribution in [0.15, 0.2) is 46.6 Å². The Morgan fingerprint density at radius 3 is 2.65 bits per heavy atom. The number of carbonyl (C=O) groups excluding carboxylic acids is 1. The van der Waals surface area contributed by atoms with Gasteiger partial charge in [-0.05, 0) is 37.1 Å². The molecular formula is C18H23N3O3S2. The molecule has 0 aliphatic heterocycles. The minimum Gasteiger partial charge on any atom is -0.359 e. The lowest BCUT2D eigenvalue weighted by atomic mass is 9.96. The Morgan fingerprint density at radius 2 is 2.04 bits per heavy atom. The van der Waals surface area contributed by atoms with Crippen LogP contribution in [0, 0.1) is 0 Å². The topological polar surface area (TPSA) is 83.1 Å². The molecule has 1 N–H and O–H groups in total. The molecule has 1 aliphatic carbocycles. The number of carbonyl (C=O) groups is 1. The molecule has 0 bridgehead atoms. The molecule has 0 aromatic carbocycles. The molecule has 1 saturated carbocycles. The fraction of sp³-hybridized carbons (Fsp3) is 0.444. The molecule has 2 heterocycles. The van der Waals surface area contributed by atoms with Crippen molar-refractivity contribution in [1.82, 2.24) is 14.3 Å². The lowest BCUT2D eigenvalue weighted by Gasteiger charge is -2.30. The predicted molar refractivity (Wildman–Crippen MR) is 102 cm³/mol. The zero-order valence-electron chi connectivity index (χ0n) is 14.7. The lowest BCUT2D eigenvalue weighted by Crippen LogP contribution is -2.38. The van der Waals surface area contributed by atoms with Gasteiger partial charge in [0.05, 0.1) is 16.5 Å². The summed E-state index contributed by atoms with van der Waals surface area (Å²) in [5, 5.41) is 0.629. The number of ketones is 1. The molecule has 0 radical (unpaired) electrons. The molecule has 26 heavy (non-hydrogen) atoms. The van der Waals surface area contributed by atoms with Crippen LogP contribution in [-0.4, -0.2) is 47.3 Å². The van der Waals surface area contributed by atoms with Gasteiger partial charge in [0.15, 0.2) is 5.78 Å². The summed E-state index contributed by atoms with van der Waals surface area (Å²) in [5.74, 6) is 0.234. The highest BCUT2D eigenvalue weighted by molar-refractivity contribution is 7.99. The molecule has 8 heteroatoms. The van der Waals surface area contributed by atoms with E-state index < -0.39 is 10.0 Å². The van der Waals surface area contributed by atoms with Gasteiger partial charge in [0.25, 0.3) is 0 Å². The highest BCUT2D eigenvalue weighted by Crippen LogP contribution is 2.27. The van der Waals surface area contributed by atoms with Gasteiger partial charge in [0, 0.05) is 25.5 Å². The van der Waals surface area contributed by atoms with E-state index in [1.54, 1.807) is 37.5 Å². The zero-order valence-corrected chi connectivity index (χ0v) is 16.4. The van der Waals surface area contributed by atoms with Crippen molar-refractivity contribution in [3.8, 4) is 0 Å². The number of thioether (sulfide) groups is 1. The first-order valence-corrected chi connectivity index (χ1v) is 11.1. The van der Waals surface area contributed by atoms with E-state index in [0.717, 1.165) is 25.7 Å². The van der Waals surface area contributed by atoms with Gasteiger partial charge in [0.1, 0.15) is 4.90 Å². The van der Waals surface area contributed by atoms with E-state index in [0.29, 0.717) is 10.7 Å². The molecule has 6 nitrogen and oxygen atoms in total. The molecule has 0 atom stereocenters. The first-order valence-electron chi connectivity index (χ1n) is 8.72. The van der Waals surface area contributed by atoms with E-state index in [9.17, 15) is 13.2 Å². The highest BCUT2D eigenvalue weighted by atomic mass is 32.2. The average molecular weight is 394 g/mol. The van der Waals surface area contributed by atoms with Crippen LogP contribution in [-0.2, 0) is 10.0 Å². The third-order valence-corrected chi connectivity index (χ3v) is 7.56. The van der Waals surface area contributed by atoms with Crippen molar-refractivity contribution in [2.24, 2.45) is 0 Å². The Balaban J connectivity index is 1.63. The summed E-state index contributed by atoms with van der Waals surface area (Å²) in [7, 11) is -1.88. The van der Waals surface area contributed by atoms with Gasteiger partial charge >= 0.3 is 0 Å². The Labute approximate surface area is 158 Å². The van der Waals surface area contributed by atoms with Gasteiger partial charge in [-0.15, -0.1) is 0 Å². The predicted octanol–water partition coefficient (Wildman–Crippen LogP) is 3.34. The van der Waals surface area contributed by atoms with Crippen LogP contribution in [0.3, 0.4) is 0 Å². The smallest absolute Gasteiger partial charge is 0.244 e. The molecule has 1 aliphatic rings. The van der Waals surface area contributed by atoms with Crippen LogP contribution in [0.4, 0.5) is 0 Å². The third-order valence-electron chi connectivity index (χ3n) is 4.72. The number of nitrogens with zero attached hydrogens (tertiary/aromatic N) is 2. The summed E-state index contributed by atoms with van der Waals surface area (Å²) < 4.78 is 27.1. The molecule has 140 valence electrons. The molecular weight excluding hydrogens is 370 g/mol. The SMILES string of the molecule is CN(C1CCCCC1)S(=O)(=O)c1ccc(SCC(=O)c2ccc[nH]2)nc1. The van der Waals surface area contributed by atoms with Crippen molar-refractivity contribution >= 4 is 27.6 Å². The van der Waals surface area contributed by atoms with E-state index in [1.165, 1.54) is 28.7 Å². The van der Waals surface area contributed by atoms with Crippen LogP contribution in [0.2, 0.25) is 0 Å². The van der Waals surface area contributed by atoms with Gasteiger partial charge in [-0.1, -0.05) is 31.0 Å². The first kappa shape index (κ1) is 19.1. The van der Waals surface area contributed by atoms with Crippen molar-refractivity contribution in [1.29, 1.82) is 0 Å². The molecule has 3 rings (SSSR count). The average Bonchev–Trinajstić information content (AvgIpc) is 3.21. The van der Waals surface area contributed by atoms with Gasteiger partial charge in [0.2, 0.25) is 10.0 Å². The van der Waals surface area contributed by atoms with Crippen molar-refractivity contribution in [3.63, 3.8) is 0 Å². The normalized spacial score (nSPS) is 16.1. The van der Waals surface area contributed by atoms with E-state index >= 15 is 0 Å². The van der Waals surface area contributed by atoms with E-state index in [2.05, 4.69) is 9.97 Å². The standard InChI is InChI=1S/C18H23N3O3S2/c1-21(14-6-3-2-4-7-14)26(23,24)15-9-10-18(20-12-15)25-13-17(22)16-8-5-11-19-16/h5,8-12,14,19H,2-4,6-7,13H2,1H3. The molecule has 2 aromatic heterocycles. The number of pyridine rings is 1. The van der Waals surface area contributed by atoms with Gasteiger partial charge in [-0.3, -0.25) is 4.79 Å². The van der Waals surface area contributed by atoms with Crippen LogP contribution in [0.25, 0.3) is 0 Å². The maximum atomic E-state index is 12.8. The second kappa shape index (κ2) is 8.37. The van der Waals surface area contributed by atoms with Crippen LogP contribution >= 0.6 is 11.8 Å². The minimum absolute atomic E-state index is 0.0180.